The highest BCUT2D eigenvalue weighted by atomic mass is 15.3. The lowest BCUT2D eigenvalue weighted by Crippen LogP contribution is -2.57. The molecule has 3 aliphatic heterocycles. The maximum Gasteiger partial charge on any atom is 0.0267 e. The summed E-state index contributed by atoms with van der Waals surface area (Å²) in [5, 5.41) is 0. The SMILES string of the molecule is CC(N)C1CCCCN1C1CCN2CCCCC12. The van der Waals surface area contributed by atoms with Crippen molar-refractivity contribution in [1.29, 1.82) is 0 Å². The highest BCUT2D eigenvalue weighted by molar-refractivity contribution is 4.99. The lowest BCUT2D eigenvalue weighted by Gasteiger charge is -2.45. The minimum atomic E-state index is 0.336. The van der Waals surface area contributed by atoms with E-state index in [-0.39, 0.29) is 0 Å². The van der Waals surface area contributed by atoms with Crippen LogP contribution in [-0.4, -0.2) is 53.6 Å². The first-order valence-corrected chi connectivity index (χ1v) is 8.03. The summed E-state index contributed by atoms with van der Waals surface area (Å²) in [6.07, 6.45) is 9.74. The van der Waals surface area contributed by atoms with Gasteiger partial charge in [-0.05, 0) is 52.1 Å². The molecule has 0 aliphatic carbocycles. The number of fused-ring (bicyclic) bond motifs is 1. The third-order valence-corrected chi connectivity index (χ3v) is 5.45. The highest BCUT2D eigenvalue weighted by Gasteiger charge is 2.41. The Morgan fingerprint density at radius 3 is 2.50 bits per heavy atom. The Labute approximate surface area is 112 Å². The number of nitrogens with two attached hydrogens (primary N) is 1. The van der Waals surface area contributed by atoms with Gasteiger partial charge in [0.05, 0.1) is 0 Å². The zero-order valence-corrected chi connectivity index (χ0v) is 11.9. The van der Waals surface area contributed by atoms with Crippen LogP contribution in [0.5, 0.6) is 0 Å². The molecule has 0 radical (unpaired) electrons. The van der Waals surface area contributed by atoms with Gasteiger partial charge in [-0.25, -0.2) is 0 Å². The molecular formula is C15H29N3. The Bertz CT molecular complexity index is 279. The average molecular weight is 251 g/mol. The van der Waals surface area contributed by atoms with Gasteiger partial charge in [0.1, 0.15) is 0 Å². The molecule has 3 nitrogen and oxygen atoms in total. The molecule has 0 saturated carbocycles. The molecule has 3 rings (SSSR count). The summed E-state index contributed by atoms with van der Waals surface area (Å²) < 4.78 is 0. The van der Waals surface area contributed by atoms with Crippen molar-refractivity contribution in [2.45, 2.75) is 76.0 Å². The molecule has 3 fully saturated rings. The van der Waals surface area contributed by atoms with Gasteiger partial charge in [0.15, 0.2) is 0 Å². The predicted octanol–water partition coefficient (Wildman–Crippen LogP) is 1.81. The monoisotopic (exact) mass is 251 g/mol. The van der Waals surface area contributed by atoms with Crippen LogP contribution in [0.4, 0.5) is 0 Å². The first kappa shape index (κ1) is 12.9. The van der Waals surface area contributed by atoms with Crippen molar-refractivity contribution in [3.05, 3.63) is 0 Å². The summed E-state index contributed by atoms with van der Waals surface area (Å²) in [6, 6.07) is 2.63. The van der Waals surface area contributed by atoms with Gasteiger partial charge in [-0.15, -0.1) is 0 Å². The van der Waals surface area contributed by atoms with Crippen molar-refractivity contribution < 1.29 is 0 Å². The van der Waals surface area contributed by atoms with E-state index in [1.807, 2.05) is 0 Å². The second-order valence-corrected chi connectivity index (χ2v) is 6.62. The van der Waals surface area contributed by atoms with E-state index in [1.165, 1.54) is 64.6 Å². The molecule has 0 aromatic rings. The predicted molar refractivity (Wildman–Crippen MR) is 75.6 cm³/mol. The van der Waals surface area contributed by atoms with Gasteiger partial charge >= 0.3 is 0 Å². The summed E-state index contributed by atoms with van der Waals surface area (Å²) in [5.41, 5.74) is 6.24. The van der Waals surface area contributed by atoms with E-state index in [1.54, 1.807) is 0 Å². The summed E-state index contributed by atoms with van der Waals surface area (Å²) in [7, 11) is 0. The minimum Gasteiger partial charge on any atom is -0.327 e. The number of nitrogens with zero attached hydrogens (tertiary/aromatic N) is 2. The fourth-order valence-electron chi connectivity index (χ4n) is 4.56. The zero-order valence-electron chi connectivity index (χ0n) is 11.9. The van der Waals surface area contributed by atoms with Crippen molar-refractivity contribution in [2.24, 2.45) is 5.73 Å². The summed E-state index contributed by atoms with van der Waals surface area (Å²) >= 11 is 0. The van der Waals surface area contributed by atoms with Crippen LogP contribution in [-0.2, 0) is 0 Å². The molecule has 18 heavy (non-hydrogen) atoms. The Kier molecular flexibility index (Phi) is 3.92. The summed E-state index contributed by atoms with van der Waals surface area (Å²) in [5.74, 6) is 0. The molecule has 0 amide bonds. The van der Waals surface area contributed by atoms with Gasteiger partial charge in [0, 0.05) is 30.7 Å². The van der Waals surface area contributed by atoms with E-state index < -0.39 is 0 Å². The van der Waals surface area contributed by atoms with E-state index in [4.69, 9.17) is 5.73 Å². The average Bonchev–Trinajstić information content (AvgIpc) is 2.82. The molecule has 0 aromatic heterocycles. The number of rotatable bonds is 2. The van der Waals surface area contributed by atoms with E-state index in [9.17, 15) is 0 Å². The number of hydrogen-bond donors (Lipinski definition) is 1. The van der Waals surface area contributed by atoms with Gasteiger partial charge in [-0.2, -0.15) is 0 Å². The van der Waals surface area contributed by atoms with Crippen LogP contribution in [0.25, 0.3) is 0 Å². The molecule has 3 saturated heterocycles. The molecule has 0 aromatic carbocycles. The Morgan fingerprint density at radius 1 is 0.889 bits per heavy atom. The van der Waals surface area contributed by atoms with Gasteiger partial charge in [-0.1, -0.05) is 12.8 Å². The van der Waals surface area contributed by atoms with Crippen LogP contribution in [0, 0.1) is 0 Å². The van der Waals surface area contributed by atoms with Crippen molar-refractivity contribution in [1.82, 2.24) is 9.80 Å². The zero-order chi connectivity index (χ0) is 12.5. The smallest absolute Gasteiger partial charge is 0.0267 e. The quantitative estimate of drug-likeness (QED) is 0.812. The van der Waals surface area contributed by atoms with Crippen LogP contribution in [0.3, 0.4) is 0 Å². The van der Waals surface area contributed by atoms with Crippen molar-refractivity contribution in [3.63, 3.8) is 0 Å². The largest absolute Gasteiger partial charge is 0.327 e. The maximum atomic E-state index is 6.24. The third kappa shape index (κ3) is 2.33. The molecule has 3 heteroatoms. The lowest BCUT2D eigenvalue weighted by molar-refractivity contribution is 0.0487. The molecule has 4 atom stereocenters. The molecule has 4 unspecified atom stereocenters. The van der Waals surface area contributed by atoms with Crippen molar-refractivity contribution >= 4 is 0 Å². The molecule has 0 spiro atoms. The Balaban J connectivity index is 1.72. The molecule has 104 valence electrons. The van der Waals surface area contributed by atoms with E-state index in [0.717, 1.165) is 12.1 Å². The van der Waals surface area contributed by atoms with Gasteiger partial charge in [-0.3, -0.25) is 9.80 Å². The Hall–Kier alpha value is -0.120. The third-order valence-electron chi connectivity index (χ3n) is 5.45. The fraction of sp³-hybridized carbons (Fsp3) is 1.00. The Morgan fingerprint density at radius 2 is 1.67 bits per heavy atom. The van der Waals surface area contributed by atoms with Crippen LogP contribution in [0.2, 0.25) is 0 Å². The van der Waals surface area contributed by atoms with E-state index >= 15 is 0 Å². The normalized spacial score (nSPS) is 40.7. The number of hydrogen-bond acceptors (Lipinski definition) is 3. The summed E-state index contributed by atoms with van der Waals surface area (Å²) in [6.45, 7) is 6.17. The summed E-state index contributed by atoms with van der Waals surface area (Å²) in [4.78, 5) is 5.55. The van der Waals surface area contributed by atoms with Gasteiger partial charge in [0.25, 0.3) is 0 Å². The van der Waals surface area contributed by atoms with Crippen LogP contribution in [0.15, 0.2) is 0 Å². The van der Waals surface area contributed by atoms with Gasteiger partial charge in [0.2, 0.25) is 0 Å². The number of likely N-dealkylation sites (tertiary alicyclic amines) is 1. The van der Waals surface area contributed by atoms with Crippen LogP contribution >= 0.6 is 0 Å². The molecular weight excluding hydrogens is 222 g/mol. The first-order chi connectivity index (χ1) is 8.77. The van der Waals surface area contributed by atoms with Crippen molar-refractivity contribution in [2.75, 3.05) is 19.6 Å². The molecule has 0 bridgehead atoms. The topological polar surface area (TPSA) is 32.5 Å². The fourth-order valence-corrected chi connectivity index (χ4v) is 4.56. The maximum absolute atomic E-state index is 6.24. The highest BCUT2D eigenvalue weighted by Crippen LogP contribution is 2.34. The second-order valence-electron chi connectivity index (χ2n) is 6.62. The van der Waals surface area contributed by atoms with E-state index in [2.05, 4.69) is 16.7 Å². The minimum absolute atomic E-state index is 0.336. The lowest BCUT2D eigenvalue weighted by atomic mass is 9.90. The number of piperidine rings is 2. The van der Waals surface area contributed by atoms with Gasteiger partial charge < -0.3 is 5.73 Å². The second kappa shape index (κ2) is 5.48. The standard InChI is InChI=1S/C15H29N3/c1-12(16)13-6-3-5-10-18(13)15-8-11-17-9-4-2-7-14(15)17/h12-15H,2-11,16H2,1H3. The van der Waals surface area contributed by atoms with Crippen LogP contribution in [0.1, 0.15) is 51.9 Å². The van der Waals surface area contributed by atoms with Crippen molar-refractivity contribution in [3.8, 4) is 0 Å². The van der Waals surface area contributed by atoms with E-state index in [0.29, 0.717) is 12.1 Å². The molecule has 3 heterocycles. The molecule has 2 N–H and O–H groups in total. The van der Waals surface area contributed by atoms with Crippen LogP contribution < -0.4 is 5.73 Å². The molecule has 3 aliphatic rings. The first-order valence-electron chi connectivity index (χ1n) is 8.03.